The molecule has 1 fully saturated rings. The zero-order valence-electron chi connectivity index (χ0n) is 11.3. The van der Waals surface area contributed by atoms with Crippen molar-refractivity contribution in [3.63, 3.8) is 0 Å². The average molecular weight is 314 g/mol. The second-order valence-corrected chi connectivity index (χ2v) is 7.33. The van der Waals surface area contributed by atoms with E-state index >= 15 is 0 Å². The standard InChI is InChI=1S/C13H18N2O3S2/c1-13(6-3-7-18-13)9-15-20(16,17)11-5-2-4-10(8-11)12(14)19/h2,4-5,8,15H,3,6-7,9H2,1H3,(H2,14,19). The number of benzene rings is 1. The predicted molar refractivity (Wildman–Crippen MR) is 81.1 cm³/mol. The molecule has 20 heavy (non-hydrogen) atoms. The summed E-state index contributed by atoms with van der Waals surface area (Å²) in [4.78, 5) is 0.331. The van der Waals surface area contributed by atoms with Gasteiger partial charge in [-0.05, 0) is 31.9 Å². The van der Waals surface area contributed by atoms with Crippen LogP contribution in [0.25, 0.3) is 0 Å². The Hall–Kier alpha value is -1.02. The molecule has 0 spiro atoms. The Morgan fingerprint density at radius 1 is 1.55 bits per heavy atom. The second-order valence-electron chi connectivity index (χ2n) is 5.12. The summed E-state index contributed by atoms with van der Waals surface area (Å²) in [6.07, 6.45) is 1.80. The molecule has 1 atom stereocenters. The van der Waals surface area contributed by atoms with Crippen LogP contribution in [0.4, 0.5) is 0 Å². The topological polar surface area (TPSA) is 81.4 Å². The SMILES string of the molecule is CC1(CNS(=O)(=O)c2cccc(C(N)=S)c2)CCCO1. The molecule has 1 aliphatic rings. The van der Waals surface area contributed by atoms with Gasteiger partial charge in [0.2, 0.25) is 10.0 Å². The Labute approximate surface area is 124 Å². The van der Waals surface area contributed by atoms with Crippen molar-refractivity contribution in [3.05, 3.63) is 29.8 Å². The third kappa shape index (κ3) is 3.54. The van der Waals surface area contributed by atoms with Crippen LogP contribution >= 0.6 is 12.2 Å². The maximum absolute atomic E-state index is 12.3. The highest BCUT2D eigenvalue weighted by Crippen LogP contribution is 2.24. The Kier molecular flexibility index (Phi) is 4.43. The van der Waals surface area contributed by atoms with Crippen molar-refractivity contribution in [1.29, 1.82) is 0 Å². The van der Waals surface area contributed by atoms with E-state index in [1.807, 2.05) is 6.92 Å². The Bertz CT molecular complexity index is 608. The molecule has 0 amide bonds. The quantitative estimate of drug-likeness (QED) is 0.797. The molecular weight excluding hydrogens is 296 g/mol. The van der Waals surface area contributed by atoms with Crippen molar-refractivity contribution < 1.29 is 13.2 Å². The smallest absolute Gasteiger partial charge is 0.240 e. The van der Waals surface area contributed by atoms with Gasteiger partial charge in [0.15, 0.2) is 0 Å². The van der Waals surface area contributed by atoms with Gasteiger partial charge in [-0.2, -0.15) is 0 Å². The number of thiocarbonyl (C=S) groups is 1. The maximum Gasteiger partial charge on any atom is 0.240 e. The fourth-order valence-electron chi connectivity index (χ4n) is 2.12. The van der Waals surface area contributed by atoms with Crippen molar-refractivity contribution in [2.45, 2.75) is 30.3 Å². The molecule has 0 bridgehead atoms. The van der Waals surface area contributed by atoms with Crippen LogP contribution in [0, 0.1) is 0 Å². The molecule has 110 valence electrons. The third-order valence-corrected chi connectivity index (χ3v) is 5.00. The van der Waals surface area contributed by atoms with E-state index in [1.165, 1.54) is 12.1 Å². The van der Waals surface area contributed by atoms with Gasteiger partial charge in [0.25, 0.3) is 0 Å². The minimum absolute atomic E-state index is 0.157. The molecule has 1 aliphatic heterocycles. The van der Waals surface area contributed by atoms with Crippen LogP contribution in [0.2, 0.25) is 0 Å². The van der Waals surface area contributed by atoms with E-state index in [0.717, 1.165) is 12.8 Å². The number of nitrogens with one attached hydrogen (secondary N) is 1. The highest BCUT2D eigenvalue weighted by molar-refractivity contribution is 7.89. The summed E-state index contributed by atoms with van der Waals surface area (Å²) in [5.41, 5.74) is 5.63. The normalized spacial score (nSPS) is 22.9. The van der Waals surface area contributed by atoms with Crippen molar-refractivity contribution in [3.8, 4) is 0 Å². The van der Waals surface area contributed by atoms with Crippen molar-refractivity contribution in [2.75, 3.05) is 13.2 Å². The summed E-state index contributed by atoms with van der Waals surface area (Å²) in [5, 5.41) is 0. The summed E-state index contributed by atoms with van der Waals surface area (Å²) in [7, 11) is -3.59. The molecule has 1 aromatic rings. The molecule has 5 nitrogen and oxygen atoms in total. The van der Waals surface area contributed by atoms with E-state index in [2.05, 4.69) is 4.72 Å². The third-order valence-electron chi connectivity index (χ3n) is 3.37. The molecule has 1 heterocycles. The zero-order valence-corrected chi connectivity index (χ0v) is 12.9. The first-order chi connectivity index (χ1) is 9.32. The van der Waals surface area contributed by atoms with Crippen LogP contribution in [0.3, 0.4) is 0 Å². The first-order valence-corrected chi connectivity index (χ1v) is 8.25. The number of hydrogen-bond acceptors (Lipinski definition) is 4. The Morgan fingerprint density at radius 2 is 2.30 bits per heavy atom. The number of rotatable bonds is 5. The molecule has 1 saturated heterocycles. The van der Waals surface area contributed by atoms with Gasteiger partial charge in [0.1, 0.15) is 4.99 Å². The second kappa shape index (κ2) is 5.77. The lowest BCUT2D eigenvalue weighted by atomic mass is 10.0. The first-order valence-electron chi connectivity index (χ1n) is 6.36. The van der Waals surface area contributed by atoms with Gasteiger partial charge in [-0.3, -0.25) is 0 Å². The van der Waals surface area contributed by atoms with Gasteiger partial charge in [-0.1, -0.05) is 24.4 Å². The molecule has 0 radical (unpaired) electrons. The van der Waals surface area contributed by atoms with E-state index in [1.54, 1.807) is 12.1 Å². The molecule has 3 N–H and O–H groups in total. The van der Waals surface area contributed by atoms with E-state index < -0.39 is 15.6 Å². The first kappa shape index (κ1) is 15.4. The highest BCUT2D eigenvalue weighted by atomic mass is 32.2. The molecule has 7 heteroatoms. The molecule has 1 unspecified atom stereocenters. The Morgan fingerprint density at radius 3 is 2.90 bits per heavy atom. The van der Waals surface area contributed by atoms with Gasteiger partial charge in [0.05, 0.1) is 10.5 Å². The lowest BCUT2D eigenvalue weighted by Gasteiger charge is -2.23. The summed E-state index contributed by atoms with van der Waals surface area (Å²) in [6, 6.07) is 6.30. The zero-order chi connectivity index (χ0) is 14.8. The van der Waals surface area contributed by atoms with Crippen molar-refractivity contribution >= 4 is 27.2 Å². The predicted octanol–water partition coefficient (Wildman–Crippen LogP) is 1.17. The fraction of sp³-hybridized carbons (Fsp3) is 0.462. The van der Waals surface area contributed by atoms with Gasteiger partial charge < -0.3 is 10.5 Å². The Balaban J connectivity index is 2.14. The van der Waals surface area contributed by atoms with Crippen LogP contribution in [0.5, 0.6) is 0 Å². The fourth-order valence-corrected chi connectivity index (χ4v) is 3.45. The van der Waals surface area contributed by atoms with Crippen LogP contribution in [-0.4, -0.2) is 32.2 Å². The van der Waals surface area contributed by atoms with E-state index in [4.69, 9.17) is 22.7 Å². The van der Waals surface area contributed by atoms with E-state index in [9.17, 15) is 8.42 Å². The number of sulfonamides is 1. The minimum atomic E-state index is -3.59. The highest BCUT2D eigenvalue weighted by Gasteiger charge is 2.31. The summed E-state index contributed by atoms with van der Waals surface area (Å²) in [5.74, 6) is 0. The minimum Gasteiger partial charge on any atom is -0.389 e. The lowest BCUT2D eigenvalue weighted by molar-refractivity contribution is 0.0250. The van der Waals surface area contributed by atoms with Gasteiger partial charge in [-0.15, -0.1) is 0 Å². The summed E-state index contributed by atoms with van der Waals surface area (Å²) < 4.78 is 32.7. The number of ether oxygens (including phenoxy) is 1. The van der Waals surface area contributed by atoms with Gasteiger partial charge in [-0.25, -0.2) is 13.1 Å². The molecular formula is C13H18N2O3S2. The van der Waals surface area contributed by atoms with Crippen LogP contribution < -0.4 is 10.5 Å². The number of hydrogen-bond donors (Lipinski definition) is 2. The van der Waals surface area contributed by atoms with Crippen molar-refractivity contribution in [2.24, 2.45) is 5.73 Å². The molecule has 0 aromatic heterocycles. The van der Waals surface area contributed by atoms with Gasteiger partial charge >= 0.3 is 0 Å². The summed E-state index contributed by atoms with van der Waals surface area (Å²) in [6.45, 7) is 2.84. The monoisotopic (exact) mass is 314 g/mol. The van der Waals surface area contributed by atoms with Crippen LogP contribution in [0.1, 0.15) is 25.3 Å². The van der Waals surface area contributed by atoms with E-state index in [-0.39, 0.29) is 16.4 Å². The largest absolute Gasteiger partial charge is 0.389 e. The lowest BCUT2D eigenvalue weighted by Crippen LogP contribution is -2.40. The van der Waals surface area contributed by atoms with Crippen molar-refractivity contribution in [1.82, 2.24) is 4.72 Å². The molecule has 2 rings (SSSR count). The molecule has 0 saturated carbocycles. The number of nitrogens with two attached hydrogens (primary N) is 1. The molecule has 1 aromatic carbocycles. The summed E-state index contributed by atoms with van der Waals surface area (Å²) >= 11 is 4.86. The van der Waals surface area contributed by atoms with Crippen LogP contribution in [0.15, 0.2) is 29.2 Å². The maximum atomic E-state index is 12.3. The molecule has 0 aliphatic carbocycles. The van der Waals surface area contributed by atoms with Crippen LogP contribution in [-0.2, 0) is 14.8 Å². The van der Waals surface area contributed by atoms with E-state index in [0.29, 0.717) is 12.2 Å². The average Bonchev–Trinajstić information content (AvgIpc) is 2.84. The van der Waals surface area contributed by atoms with Gasteiger partial charge in [0, 0.05) is 18.7 Å².